The second-order valence-electron chi connectivity index (χ2n) is 7.04. The SMILES string of the molecule is C=COC(C)(C)CCCCCCCCCCCCCCC. The summed E-state index contributed by atoms with van der Waals surface area (Å²) in [5, 5.41) is 0. The third-order valence-corrected chi connectivity index (χ3v) is 4.28. The molecule has 0 aliphatic carbocycles. The molecule has 0 aliphatic rings. The van der Waals surface area contributed by atoms with Crippen LogP contribution in [0.1, 0.15) is 111 Å². The monoisotopic (exact) mass is 296 g/mol. The summed E-state index contributed by atoms with van der Waals surface area (Å²) in [6, 6.07) is 0. The van der Waals surface area contributed by atoms with E-state index in [-0.39, 0.29) is 5.60 Å². The highest BCUT2D eigenvalue weighted by Gasteiger charge is 2.16. The van der Waals surface area contributed by atoms with Gasteiger partial charge in [-0.3, -0.25) is 0 Å². The molecule has 0 saturated carbocycles. The third kappa shape index (κ3) is 15.7. The lowest BCUT2D eigenvalue weighted by Gasteiger charge is -2.23. The second-order valence-corrected chi connectivity index (χ2v) is 7.04. The molecule has 0 aromatic rings. The summed E-state index contributed by atoms with van der Waals surface area (Å²) >= 11 is 0. The first-order chi connectivity index (χ1) is 10.1. The molecular formula is C20H40O. The van der Waals surface area contributed by atoms with E-state index in [1.165, 1.54) is 83.5 Å². The number of ether oxygens (including phenoxy) is 1. The molecule has 0 spiro atoms. The lowest BCUT2D eigenvalue weighted by Crippen LogP contribution is -2.21. The molecule has 0 aromatic carbocycles. The van der Waals surface area contributed by atoms with Crippen LogP contribution < -0.4 is 0 Å². The highest BCUT2D eigenvalue weighted by atomic mass is 16.5. The molecule has 1 heteroatoms. The van der Waals surface area contributed by atoms with Crippen LogP contribution in [-0.2, 0) is 4.74 Å². The minimum atomic E-state index is -0.0282. The fourth-order valence-electron chi connectivity index (χ4n) is 2.85. The van der Waals surface area contributed by atoms with Crippen molar-refractivity contribution in [3.05, 3.63) is 12.8 Å². The number of hydrogen-bond acceptors (Lipinski definition) is 1. The summed E-state index contributed by atoms with van der Waals surface area (Å²) < 4.78 is 5.50. The van der Waals surface area contributed by atoms with Crippen LogP contribution in [0.4, 0.5) is 0 Å². The smallest absolute Gasteiger partial charge is 0.103 e. The van der Waals surface area contributed by atoms with Gasteiger partial charge in [0.15, 0.2) is 0 Å². The Labute approximate surface area is 134 Å². The van der Waals surface area contributed by atoms with Crippen LogP contribution >= 0.6 is 0 Å². The molecule has 0 radical (unpaired) electrons. The zero-order valence-corrected chi connectivity index (χ0v) is 15.1. The molecule has 0 bridgehead atoms. The lowest BCUT2D eigenvalue weighted by atomic mass is 9.99. The van der Waals surface area contributed by atoms with Gasteiger partial charge in [-0.2, -0.15) is 0 Å². The summed E-state index contributed by atoms with van der Waals surface area (Å²) in [5.41, 5.74) is -0.0282. The predicted molar refractivity (Wildman–Crippen MR) is 95.7 cm³/mol. The number of unbranched alkanes of at least 4 members (excludes halogenated alkanes) is 12. The molecule has 0 aliphatic heterocycles. The van der Waals surface area contributed by atoms with Crippen LogP contribution in [0.15, 0.2) is 12.8 Å². The van der Waals surface area contributed by atoms with Gasteiger partial charge in [0.05, 0.1) is 6.26 Å². The van der Waals surface area contributed by atoms with Crippen LogP contribution in [0.25, 0.3) is 0 Å². The highest BCUT2D eigenvalue weighted by Crippen LogP contribution is 2.19. The lowest BCUT2D eigenvalue weighted by molar-refractivity contribution is 0.0476. The van der Waals surface area contributed by atoms with Gasteiger partial charge in [-0.1, -0.05) is 90.6 Å². The van der Waals surface area contributed by atoms with Crippen molar-refractivity contribution in [3.8, 4) is 0 Å². The molecule has 0 atom stereocenters. The standard InChI is InChI=1S/C20H40O/c1-5-7-8-9-10-11-12-13-14-15-16-17-18-19-20(3,4)21-6-2/h6H,2,5,7-19H2,1,3-4H3. The van der Waals surface area contributed by atoms with Crippen molar-refractivity contribution in [2.45, 2.75) is 116 Å². The van der Waals surface area contributed by atoms with Gasteiger partial charge in [0.2, 0.25) is 0 Å². The quantitative estimate of drug-likeness (QED) is 0.213. The van der Waals surface area contributed by atoms with E-state index in [4.69, 9.17) is 4.74 Å². The van der Waals surface area contributed by atoms with Gasteiger partial charge in [-0.15, -0.1) is 0 Å². The van der Waals surface area contributed by atoms with Crippen LogP contribution in [0.2, 0.25) is 0 Å². The number of rotatable bonds is 16. The normalized spacial score (nSPS) is 11.6. The van der Waals surface area contributed by atoms with Crippen molar-refractivity contribution in [1.29, 1.82) is 0 Å². The molecule has 0 heterocycles. The van der Waals surface area contributed by atoms with Gasteiger partial charge in [0.25, 0.3) is 0 Å². The van der Waals surface area contributed by atoms with E-state index >= 15 is 0 Å². The van der Waals surface area contributed by atoms with Gasteiger partial charge in [-0.05, 0) is 26.7 Å². The predicted octanol–water partition coefficient (Wildman–Crippen LogP) is 7.41. The summed E-state index contributed by atoms with van der Waals surface area (Å²) in [5.74, 6) is 0. The van der Waals surface area contributed by atoms with E-state index in [9.17, 15) is 0 Å². The highest BCUT2D eigenvalue weighted by molar-refractivity contribution is 4.71. The van der Waals surface area contributed by atoms with Gasteiger partial charge >= 0.3 is 0 Å². The van der Waals surface area contributed by atoms with E-state index in [1.807, 2.05) is 0 Å². The van der Waals surface area contributed by atoms with Crippen molar-refractivity contribution in [2.75, 3.05) is 0 Å². The van der Waals surface area contributed by atoms with Gasteiger partial charge in [0.1, 0.15) is 5.60 Å². The zero-order valence-electron chi connectivity index (χ0n) is 15.1. The molecule has 0 saturated heterocycles. The molecule has 0 unspecified atom stereocenters. The van der Waals surface area contributed by atoms with Crippen molar-refractivity contribution in [3.63, 3.8) is 0 Å². The molecule has 1 nitrogen and oxygen atoms in total. The van der Waals surface area contributed by atoms with Gasteiger partial charge in [0, 0.05) is 0 Å². The Bertz CT molecular complexity index is 220. The van der Waals surface area contributed by atoms with E-state index in [0.717, 1.165) is 6.42 Å². The summed E-state index contributed by atoms with van der Waals surface area (Å²) in [7, 11) is 0. The van der Waals surface area contributed by atoms with Crippen molar-refractivity contribution in [2.24, 2.45) is 0 Å². The Morgan fingerprint density at radius 1 is 0.714 bits per heavy atom. The molecule has 0 fully saturated rings. The largest absolute Gasteiger partial charge is 0.496 e. The van der Waals surface area contributed by atoms with Crippen LogP contribution in [0, 0.1) is 0 Å². The molecule has 0 N–H and O–H groups in total. The molecule has 0 rings (SSSR count). The average molecular weight is 297 g/mol. The summed E-state index contributed by atoms with van der Waals surface area (Å²) in [6.45, 7) is 10.2. The minimum absolute atomic E-state index is 0.0282. The first-order valence-electron chi connectivity index (χ1n) is 9.41. The summed E-state index contributed by atoms with van der Waals surface area (Å²) in [4.78, 5) is 0. The van der Waals surface area contributed by atoms with Crippen LogP contribution in [0.3, 0.4) is 0 Å². The van der Waals surface area contributed by atoms with E-state index in [0.29, 0.717) is 0 Å². The van der Waals surface area contributed by atoms with Crippen molar-refractivity contribution < 1.29 is 4.74 Å². The average Bonchev–Trinajstić information content (AvgIpc) is 2.44. The Morgan fingerprint density at radius 3 is 1.48 bits per heavy atom. The fraction of sp³-hybridized carbons (Fsp3) is 0.900. The first kappa shape index (κ1) is 20.5. The molecule has 0 amide bonds. The maximum atomic E-state index is 5.50. The molecule has 126 valence electrons. The Kier molecular flexibility index (Phi) is 14.2. The van der Waals surface area contributed by atoms with Crippen LogP contribution in [-0.4, -0.2) is 5.60 Å². The van der Waals surface area contributed by atoms with E-state index < -0.39 is 0 Å². The third-order valence-electron chi connectivity index (χ3n) is 4.28. The van der Waals surface area contributed by atoms with Crippen molar-refractivity contribution in [1.82, 2.24) is 0 Å². The second kappa shape index (κ2) is 14.5. The Morgan fingerprint density at radius 2 is 1.10 bits per heavy atom. The van der Waals surface area contributed by atoms with Crippen LogP contribution in [0.5, 0.6) is 0 Å². The molecule has 21 heavy (non-hydrogen) atoms. The Hall–Kier alpha value is -0.460. The van der Waals surface area contributed by atoms with Gasteiger partial charge < -0.3 is 4.74 Å². The fourth-order valence-corrected chi connectivity index (χ4v) is 2.85. The zero-order chi connectivity index (χ0) is 15.8. The minimum Gasteiger partial charge on any atom is -0.496 e. The number of hydrogen-bond donors (Lipinski definition) is 0. The molecular weight excluding hydrogens is 256 g/mol. The summed E-state index contributed by atoms with van der Waals surface area (Å²) in [6.07, 6.45) is 21.1. The Balaban J connectivity index is 3.14. The van der Waals surface area contributed by atoms with E-state index in [1.54, 1.807) is 6.26 Å². The maximum absolute atomic E-state index is 5.50. The maximum Gasteiger partial charge on any atom is 0.103 e. The molecule has 0 aromatic heterocycles. The first-order valence-corrected chi connectivity index (χ1v) is 9.41. The van der Waals surface area contributed by atoms with Gasteiger partial charge in [-0.25, -0.2) is 0 Å². The topological polar surface area (TPSA) is 9.23 Å². The van der Waals surface area contributed by atoms with Crippen molar-refractivity contribution >= 4 is 0 Å². The van der Waals surface area contributed by atoms with E-state index in [2.05, 4.69) is 27.4 Å².